The maximum Gasteiger partial charge on any atom is 0.344 e. The van der Waals surface area contributed by atoms with Crippen LogP contribution in [0, 0.1) is 13.8 Å². The Labute approximate surface area is 235 Å². The average Bonchev–Trinajstić information content (AvgIpc) is 2.86. The lowest BCUT2D eigenvalue weighted by atomic mass is 10.1. The van der Waals surface area contributed by atoms with Crippen molar-refractivity contribution in [1.82, 2.24) is 5.32 Å². The quantitative estimate of drug-likeness (QED) is 0.229. The van der Waals surface area contributed by atoms with Gasteiger partial charge in [0, 0.05) is 11.6 Å². The number of rotatable bonds is 12. The number of carbonyl (C=O) groups excluding carboxylic acids is 1. The molecule has 10 heteroatoms. The van der Waals surface area contributed by atoms with E-state index in [1.165, 1.54) is 0 Å². The van der Waals surface area contributed by atoms with Crippen molar-refractivity contribution in [3.63, 3.8) is 0 Å². The molecule has 0 fully saturated rings. The van der Waals surface area contributed by atoms with Gasteiger partial charge in [-0.1, -0.05) is 35.9 Å². The Hall–Kier alpha value is -2.62. The summed E-state index contributed by atoms with van der Waals surface area (Å²) < 4.78 is 36.9. The zero-order valence-electron chi connectivity index (χ0n) is 21.6. The molecular formula is C28H33Cl2NO6S. The van der Waals surface area contributed by atoms with Crippen LogP contribution in [0.2, 0.25) is 5.02 Å². The highest BCUT2D eigenvalue weighted by Crippen LogP contribution is 2.30. The lowest BCUT2D eigenvalue weighted by Crippen LogP contribution is -2.23. The third kappa shape index (κ3) is 8.44. The second kappa shape index (κ2) is 14.5. The molecule has 0 unspecified atom stereocenters. The smallest absolute Gasteiger partial charge is 0.344 e. The number of aliphatic hydroxyl groups is 1. The first-order valence-corrected chi connectivity index (χ1v) is 13.9. The van der Waals surface area contributed by atoms with Crippen molar-refractivity contribution in [3.8, 4) is 5.75 Å². The molecule has 7 nitrogen and oxygen atoms in total. The summed E-state index contributed by atoms with van der Waals surface area (Å²) in [6.45, 7) is 6.22. The Bertz CT molecular complexity index is 1310. The predicted molar refractivity (Wildman–Crippen MR) is 150 cm³/mol. The summed E-state index contributed by atoms with van der Waals surface area (Å²) in [7, 11) is -3.73. The van der Waals surface area contributed by atoms with Crippen LogP contribution in [0.1, 0.15) is 35.3 Å². The molecule has 0 saturated heterocycles. The minimum Gasteiger partial charge on any atom is -0.481 e. The van der Waals surface area contributed by atoms with Crippen LogP contribution in [0.5, 0.6) is 5.75 Å². The molecule has 3 aromatic carbocycles. The molecule has 0 amide bonds. The normalized spacial score (nSPS) is 11.9. The minimum atomic E-state index is -3.73. The second-order valence-corrected chi connectivity index (χ2v) is 11.0. The maximum atomic E-state index is 13.2. The van der Waals surface area contributed by atoms with Crippen molar-refractivity contribution in [2.45, 2.75) is 43.1 Å². The Kier molecular flexibility index (Phi) is 12.1. The van der Waals surface area contributed by atoms with E-state index in [0.29, 0.717) is 41.4 Å². The first-order valence-electron chi connectivity index (χ1n) is 12.0. The summed E-state index contributed by atoms with van der Waals surface area (Å²) in [6.07, 6.45) is 0.00733. The highest BCUT2D eigenvalue weighted by atomic mass is 35.5. The lowest BCUT2D eigenvalue weighted by molar-refractivity contribution is -0.145. The number of hydrogen-bond donors (Lipinski definition) is 2. The Morgan fingerprint density at radius 2 is 1.68 bits per heavy atom. The van der Waals surface area contributed by atoms with Gasteiger partial charge in [0.05, 0.1) is 22.5 Å². The number of nitrogens with one attached hydrogen (secondary N) is 1. The van der Waals surface area contributed by atoms with Crippen molar-refractivity contribution in [1.29, 1.82) is 0 Å². The number of sulfone groups is 1. The van der Waals surface area contributed by atoms with Crippen molar-refractivity contribution in [2.24, 2.45) is 0 Å². The van der Waals surface area contributed by atoms with Crippen LogP contribution in [0.15, 0.2) is 70.5 Å². The molecule has 0 bridgehead atoms. The highest BCUT2D eigenvalue weighted by molar-refractivity contribution is 7.91. The van der Waals surface area contributed by atoms with E-state index in [0.717, 1.165) is 11.1 Å². The molecule has 0 spiro atoms. The molecule has 0 saturated carbocycles. The van der Waals surface area contributed by atoms with E-state index < -0.39 is 21.9 Å². The van der Waals surface area contributed by atoms with Gasteiger partial charge in [-0.25, -0.2) is 13.2 Å². The zero-order valence-corrected chi connectivity index (χ0v) is 24.0. The molecule has 3 aromatic rings. The maximum absolute atomic E-state index is 13.2. The van der Waals surface area contributed by atoms with Crippen LogP contribution in [0.4, 0.5) is 0 Å². The number of aliphatic hydroxyl groups excluding tert-OH is 1. The molecule has 3 rings (SSSR count). The molecule has 0 aromatic heterocycles. The van der Waals surface area contributed by atoms with E-state index in [9.17, 15) is 18.3 Å². The molecule has 1 atom stereocenters. The van der Waals surface area contributed by atoms with Gasteiger partial charge in [-0.2, -0.15) is 0 Å². The van der Waals surface area contributed by atoms with E-state index in [1.54, 1.807) is 75.4 Å². The number of ether oxygens (including phenoxy) is 2. The standard InChI is InChI=1S/C28H32ClNO6S.ClH/c1-4-35-27(32)18-36-28-19(2)14-25(15-20(28)3)37(33,34)24-10-8-21(9-11-24)12-13-30-17-26(31)22-6-5-7-23(29)16-22;/h5-11,14-16,26,30-31H,4,12-13,17-18H2,1-3H3;1H/t26-;/m0./s1. The molecule has 0 heterocycles. The molecule has 206 valence electrons. The minimum absolute atomic E-state index is 0. The van der Waals surface area contributed by atoms with Gasteiger partial charge in [-0.15, -0.1) is 12.4 Å². The van der Waals surface area contributed by atoms with Gasteiger partial charge >= 0.3 is 5.97 Å². The Balaban J connectivity index is 0.00000507. The number of aryl methyl sites for hydroxylation is 2. The number of esters is 1. The molecule has 2 N–H and O–H groups in total. The fraction of sp³-hybridized carbons (Fsp3) is 0.321. The van der Waals surface area contributed by atoms with E-state index in [4.69, 9.17) is 21.1 Å². The first-order chi connectivity index (χ1) is 17.6. The van der Waals surface area contributed by atoms with Crippen LogP contribution in [-0.4, -0.2) is 45.8 Å². The van der Waals surface area contributed by atoms with E-state index in [-0.39, 0.29) is 35.4 Å². The van der Waals surface area contributed by atoms with Crippen LogP contribution in [0.25, 0.3) is 0 Å². The first kappa shape index (κ1) is 31.6. The van der Waals surface area contributed by atoms with Crippen LogP contribution in [-0.2, 0) is 25.8 Å². The Morgan fingerprint density at radius 1 is 1.03 bits per heavy atom. The van der Waals surface area contributed by atoms with E-state index in [1.807, 2.05) is 6.07 Å². The SMILES string of the molecule is CCOC(=O)COc1c(C)cc(S(=O)(=O)c2ccc(CCNC[C@H](O)c3cccc(Cl)c3)cc2)cc1C.Cl. The summed E-state index contributed by atoms with van der Waals surface area (Å²) in [5.74, 6) is -0.0131. The van der Waals surface area contributed by atoms with Crippen LogP contribution < -0.4 is 10.1 Å². The van der Waals surface area contributed by atoms with Gasteiger partial charge in [-0.3, -0.25) is 0 Å². The highest BCUT2D eigenvalue weighted by Gasteiger charge is 2.21. The second-order valence-electron chi connectivity index (χ2n) is 8.65. The Morgan fingerprint density at radius 3 is 2.29 bits per heavy atom. The molecule has 0 aliphatic carbocycles. The monoisotopic (exact) mass is 581 g/mol. The zero-order chi connectivity index (χ0) is 27.0. The summed E-state index contributed by atoms with van der Waals surface area (Å²) in [4.78, 5) is 12.0. The molecule has 38 heavy (non-hydrogen) atoms. The summed E-state index contributed by atoms with van der Waals surface area (Å²) >= 11 is 5.97. The summed E-state index contributed by atoms with van der Waals surface area (Å²) in [5, 5.41) is 14.1. The predicted octanol–water partition coefficient (Wildman–Crippen LogP) is 5.02. The van der Waals surface area contributed by atoms with E-state index in [2.05, 4.69) is 5.32 Å². The summed E-state index contributed by atoms with van der Waals surface area (Å²) in [6, 6.07) is 17.0. The van der Waals surface area contributed by atoms with Crippen molar-refractivity contribution in [3.05, 3.63) is 87.9 Å². The largest absolute Gasteiger partial charge is 0.481 e. The lowest BCUT2D eigenvalue weighted by Gasteiger charge is -2.14. The van der Waals surface area contributed by atoms with Gasteiger partial charge in [-0.05, 0) is 92.4 Å². The van der Waals surface area contributed by atoms with Gasteiger partial charge in [0.1, 0.15) is 5.75 Å². The van der Waals surface area contributed by atoms with Gasteiger partial charge in [0.25, 0.3) is 0 Å². The molecule has 0 aliphatic heterocycles. The van der Waals surface area contributed by atoms with Crippen molar-refractivity contribution < 1.29 is 27.8 Å². The van der Waals surface area contributed by atoms with Crippen molar-refractivity contribution in [2.75, 3.05) is 26.3 Å². The van der Waals surface area contributed by atoms with Crippen molar-refractivity contribution >= 4 is 39.8 Å². The van der Waals surface area contributed by atoms with Gasteiger partial charge in [0.2, 0.25) is 9.84 Å². The third-order valence-electron chi connectivity index (χ3n) is 5.78. The number of halogens is 2. The van der Waals surface area contributed by atoms with E-state index >= 15 is 0 Å². The number of hydrogen-bond acceptors (Lipinski definition) is 7. The van der Waals surface area contributed by atoms with Crippen LogP contribution >= 0.6 is 24.0 Å². The van der Waals surface area contributed by atoms with Gasteiger partial charge in [0.15, 0.2) is 6.61 Å². The van der Waals surface area contributed by atoms with Crippen LogP contribution in [0.3, 0.4) is 0 Å². The molecular weight excluding hydrogens is 549 g/mol. The molecule has 0 radical (unpaired) electrons. The fourth-order valence-electron chi connectivity index (χ4n) is 3.90. The topological polar surface area (TPSA) is 102 Å². The summed E-state index contributed by atoms with van der Waals surface area (Å²) in [5.41, 5.74) is 2.95. The molecule has 0 aliphatic rings. The van der Waals surface area contributed by atoms with Gasteiger partial charge < -0.3 is 19.9 Å². The third-order valence-corrected chi connectivity index (χ3v) is 7.76. The average molecular weight is 583 g/mol. The number of carbonyl (C=O) groups is 1. The fourth-order valence-corrected chi connectivity index (χ4v) is 5.53. The number of benzene rings is 3.